The zero-order chi connectivity index (χ0) is 20.1. The van der Waals surface area contributed by atoms with Gasteiger partial charge in [-0.3, -0.25) is 9.89 Å². The third-order valence-electron chi connectivity index (χ3n) is 4.62. The van der Waals surface area contributed by atoms with E-state index in [1.807, 2.05) is 48.5 Å². The quantitative estimate of drug-likeness (QED) is 0.390. The Morgan fingerprint density at radius 3 is 2.69 bits per heavy atom. The summed E-state index contributed by atoms with van der Waals surface area (Å²) in [4.78, 5) is 16.8. The van der Waals surface area contributed by atoms with Crippen molar-refractivity contribution in [2.75, 3.05) is 17.2 Å². The van der Waals surface area contributed by atoms with Crippen LogP contribution in [0.2, 0.25) is 0 Å². The van der Waals surface area contributed by atoms with E-state index in [0.717, 1.165) is 16.5 Å². The van der Waals surface area contributed by atoms with E-state index in [9.17, 15) is 9.90 Å². The number of fused-ring (bicyclic) bond motifs is 1. The van der Waals surface area contributed by atoms with Gasteiger partial charge in [0, 0.05) is 17.3 Å². The van der Waals surface area contributed by atoms with Crippen molar-refractivity contribution in [1.82, 2.24) is 15.2 Å². The number of aromatic amines is 1. The molecule has 0 aliphatic heterocycles. The highest BCUT2D eigenvalue weighted by atomic mass is 16.3. The van der Waals surface area contributed by atoms with Crippen LogP contribution in [0.4, 0.5) is 11.5 Å². The molecule has 0 radical (unpaired) electrons. The summed E-state index contributed by atoms with van der Waals surface area (Å²) in [6.45, 7) is -0.0186. The summed E-state index contributed by atoms with van der Waals surface area (Å²) >= 11 is 0. The fourth-order valence-corrected chi connectivity index (χ4v) is 3.11. The van der Waals surface area contributed by atoms with Crippen molar-refractivity contribution in [2.45, 2.75) is 12.5 Å². The standard InChI is InChI=1S/C22H21N5O2/c28-14-19(10-15-4-2-1-3-5-15)25-21-9-6-16(12-23-21)22(29)26-18-7-8-20-17(11-18)13-24-27-20/h1-9,11-13,19,28H,10,14H2,(H,23,25)(H,24,27)(H,26,29)/t19-/m1/s1. The summed E-state index contributed by atoms with van der Waals surface area (Å²) in [6.07, 6.45) is 3.91. The van der Waals surface area contributed by atoms with E-state index in [1.165, 1.54) is 6.20 Å². The predicted molar refractivity (Wildman–Crippen MR) is 113 cm³/mol. The molecule has 2 aromatic carbocycles. The molecule has 0 bridgehead atoms. The Hall–Kier alpha value is -3.71. The monoisotopic (exact) mass is 387 g/mol. The molecule has 4 N–H and O–H groups in total. The Balaban J connectivity index is 1.39. The molecule has 4 aromatic rings. The Morgan fingerprint density at radius 2 is 1.93 bits per heavy atom. The van der Waals surface area contributed by atoms with Crippen LogP contribution < -0.4 is 10.6 Å². The van der Waals surface area contributed by atoms with E-state index in [-0.39, 0.29) is 18.6 Å². The lowest BCUT2D eigenvalue weighted by atomic mass is 10.1. The predicted octanol–water partition coefficient (Wildman–Crippen LogP) is 3.23. The van der Waals surface area contributed by atoms with Crippen LogP contribution in [0.15, 0.2) is 73.1 Å². The van der Waals surface area contributed by atoms with E-state index in [1.54, 1.807) is 18.3 Å². The maximum atomic E-state index is 12.5. The Morgan fingerprint density at radius 1 is 1.07 bits per heavy atom. The second kappa shape index (κ2) is 8.53. The average molecular weight is 387 g/mol. The third kappa shape index (κ3) is 4.59. The first-order valence-electron chi connectivity index (χ1n) is 9.33. The lowest BCUT2D eigenvalue weighted by Crippen LogP contribution is -2.27. The van der Waals surface area contributed by atoms with Crippen molar-refractivity contribution < 1.29 is 9.90 Å². The van der Waals surface area contributed by atoms with Gasteiger partial charge in [0.25, 0.3) is 5.91 Å². The molecule has 2 heterocycles. The molecule has 7 nitrogen and oxygen atoms in total. The summed E-state index contributed by atoms with van der Waals surface area (Å²) in [6, 6.07) is 18.8. The lowest BCUT2D eigenvalue weighted by molar-refractivity contribution is 0.102. The first-order chi connectivity index (χ1) is 14.2. The Kier molecular flexibility index (Phi) is 5.49. The Labute approximate surface area is 167 Å². The molecule has 0 fully saturated rings. The number of aliphatic hydroxyl groups excluding tert-OH is 1. The number of nitrogens with zero attached hydrogens (tertiary/aromatic N) is 2. The molecule has 0 spiro atoms. The van der Waals surface area contributed by atoms with Crippen molar-refractivity contribution >= 4 is 28.3 Å². The van der Waals surface area contributed by atoms with Gasteiger partial charge in [0.15, 0.2) is 0 Å². The number of benzene rings is 2. The number of nitrogens with one attached hydrogen (secondary N) is 3. The van der Waals surface area contributed by atoms with Gasteiger partial charge in [-0.25, -0.2) is 4.98 Å². The fraction of sp³-hybridized carbons (Fsp3) is 0.136. The minimum atomic E-state index is -0.241. The SMILES string of the molecule is O=C(Nc1ccc2[nH]ncc2c1)c1ccc(N[C@@H](CO)Cc2ccccc2)nc1. The van der Waals surface area contributed by atoms with Crippen molar-refractivity contribution in [3.8, 4) is 0 Å². The molecule has 146 valence electrons. The van der Waals surface area contributed by atoms with Crippen LogP contribution in [0.3, 0.4) is 0 Å². The first kappa shape index (κ1) is 18.6. The number of aromatic nitrogens is 3. The zero-order valence-corrected chi connectivity index (χ0v) is 15.7. The highest BCUT2D eigenvalue weighted by molar-refractivity contribution is 6.05. The summed E-state index contributed by atoms with van der Waals surface area (Å²) in [7, 11) is 0. The zero-order valence-electron chi connectivity index (χ0n) is 15.7. The number of carbonyl (C=O) groups is 1. The van der Waals surface area contributed by atoms with Gasteiger partial charge in [-0.05, 0) is 42.3 Å². The van der Waals surface area contributed by atoms with E-state index < -0.39 is 0 Å². The van der Waals surface area contributed by atoms with Crippen LogP contribution >= 0.6 is 0 Å². The summed E-state index contributed by atoms with van der Waals surface area (Å²) in [5, 5.41) is 23.5. The van der Waals surface area contributed by atoms with Gasteiger partial charge in [-0.1, -0.05) is 30.3 Å². The van der Waals surface area contributed by atoms with E-state index in [0.29, 0.717) is 23.5 Å². The number of rotatable bonds is 7. The molecular weight excluding hydrogens is 366 g/mol. The second-order valence-corrected chi connectivity index (χ2v) is 6.77. The molecule has 29 heavy (non-hydrogen) atoms. The minimum absolute atomic E-state index is 0.0186. The molecule has 1 atom stereocenters. The van der Waals surface area contributed by atoms with Gasteiger partial charge < -0.3 is 15.7 Å². The smallest absolute Gasteiger partial charge is 0.257 e. The Bertz CT molecular complexity index is 1090. The van der Waals surface area contributed by atoms with Crippen LogP contribution in [-0.4, -0.2) is 38.8 Å². The van der Waals surface area contributed by atoms with Crippen LogP contribution in [-0.2, 0) is 6.42 Å². The normalized spacial score (nSPS) is 11.9. The van der Waals surface area contributed by atoms with Gasteiger partial charge in [0.2, 0.25) is 0 Å². The number of pyridine rings is 1. The molecule has 7 heteroatoms. The molecule has 0 saturated carbocycles. The fourth-order valence-electron chi connectivity index (χ4n) is 3.11. The van der Waals surface area contributed by atoms with Crippen molar-refractivity contribution in [1.29, 1.82) is 0 Å². The number of aliphatic hydroxyl groups is 1. The molecule has 0 aliphatic rings. The van der Waals surface area contributed by atoms with Gasteiger partial charge >= 0.3 is 0 Å². The second-order valence-electron chi connectivity index (χ2n) is 6.77. The molecule has 0 saturated heterocycles. The van der Waals surface area contributed by atoms with Crippen LogP contribution in [0.25, 0.3) is 10.9 Å². The van der Waals surface area contributed by atoms with Gasteiger partial charge in [-0.2, -0.15) is 5.10 Å². The highest BCUT2D eigenvalue weighted by Crippen LogP contribution is 2.18. The molecule has 0 aliphatic carbocycles. The van der Waals surface area contributed by atoms with Crippen LogP contribution in [0.5, 0.6) is 0 Å². The number of hydrogen-bond acceptors (Lipinski definition) is 5. The van der Waals surface area contributed by atoms with Crippen molar-refractivity contribution in [2.24, 2.45) is 0 Å². The highest BCUT2D eigenvalue weighted by Gasteiger charge is 2.11. The van der Waals surface area contributed by atoms with Crippen LogP contribution in [0.1, 0.15) is 15.9 Å². The number of hydrogen-bond donors (Lipinski definition) is 4. The summed E-state index contributed by atoms with van der Waals surface area (Å²) < 4.78 is 0. The average Bonchev–Trinajstić information content (AvgIpc) is 3.22. The molecule has 4 rings (SSSR count). The van der Waals surface area contributed by atoms with E-state index >= 15 is 0 Å². The number of H-pyrrole nitrogens is 1. The number of amides is 1. The topological polar surface area (TPSA) is 103 Å². The van der Waals surface area contributed by atoms with Gasteiger partial charge in [0.05, 0.1) is 29.9 Å². The third-order valence-corrected chi connectivity index (χ3v) is 4.62. The summed E-state index contributed by atoms with van der Waals surface area (Å²) in [5.74, 6) is 0.367. The van der Waals surface area contributed by atoms with E-state index in [4.69, 9.17) is 0 Å². The number of carbonyl (C=O) groups excluding carboxylic acids is 1. The maximum Gasteiger partial charge on any atom is 0.257 e. The molecular formula is C22H21N5O2. The molecule has 0 unspecified atom stereocenters. The molecule has 2 aromatic heterocycles. The maximum absolute atomic E-state index is 12.5. The van der Waals surface area contributed by atoms with Crippen molar-refractivity contribution in [3.05, 3.63) is 84.2 Å². The number of anilines is 2. The largest absolute Gasteiger partial charge is 0.394 e. The van der Waals surface area contributed by atoms with Crippen LogP contribution in [0, 0.1) is 0 Å². The summed E-state index contributed by atoms with van der Waals surface area (Å²) in [5.41, 5.74) is 3.18. The minimum Gasteiger partial charge on any atom is -0.394 e. The molecule has 1 amide bonds. The van der Waals surface area contributed by atoms with Gasteiger partial charge in [0.1, 0.15) is 5.82 Å². The first-order valence-corrected chi connectivity index (χ1v) is 9.33. The lowest BCUT2D eigenvalue weighted by Gasteiger charge is -2.17. The van der Waals surface area contributed by atoms with Crippen molar-refractivity contribution in [3.63, 3.8) is 0 Å². The van der Waals surface area contributed by atoms with E-state index in [2.05, 4.69) is 25.8 Å². The van der Waals surface area contributed by atoms with Gasteiger partial charge in [-0.15, -0.1) is 0 Å².